The Balaban J connectivity index is 2.43. The fourth-order valence-electron chi connectivity index (χ4n) is 3.36. The summed E-state index contributed by atoms with van der Waals surface area (Å²) in [4.78, 5) is 12.1. The van der Waals surface area contributed by atoms with Crippen LogP contribution in [0.1, 0.15) is 85.5 Å². The summed E-state index contributed by atoms with van der Waals surface area (Å²) in [6.45, 7) is 10.1. The van der Waals surface area contributed by atoms with Gasteiger partial charge in [-0.15, -0.1) is 0 Å². The summed E-state index contributed by atoms with van der Waals surface area (Å²) in [6, 6.07) is 0. The van der Waals surface area contributed by atoms with Crippen molar-refractivity contribution in [2.24, 2.45) is 11.8 Å². The van der Waals surface area contributed by atoms with Gasteiger partial charge >= 0.3 is 5.97 Å². The lowest BCUT2D eigenvalue weighted by molar-refractivity contribution is -0.156. The lowest BCUT2D eigenvalue weighted by atomic mass is 9.82. The Hall–Kier alpha value is -0.570. The van der Waals surface area contributed by atoms with Crippen molar-refractivity contribution in [2.45, 2.75) is 91.1 Å². The van der Waals surface area contributed by atoms with Crippen LogP contribution in [0.4, 0.5) is 0 Å². The molecule has 0 bridgehead atoms. The molecular weight excluding hydrogens is 274 g/mol. The van der Waals surface area contributed by atoms with Gasteiger partial charge in [0, 0.05) is 6.42 Å². The number of carbonyl (C=O) groups is 1. The van der Waals surface area contributed by atoms with Crippen LogP contribution in [0.3, 0.4) is 0 Å². The second kappa shape index (κ2) is 10.3. The van der Waals surface area contributed by atoms with Gasteiger partial charge in [-0.3, -0.25) is 4.79 Å². The highest BCUT2D eigenvalue weighted by molar-refractivity contribution is 5.70. The number of ether oxygens (including phenoxy) is 1. The van der Waals surface area contributed by atoms with Crippen LogP contribution < -0.4 is 5.32 Å². The molecule has 1 rings (SSSR count). The number of nitrogens with one attached hydrogen (secondary N) is 1. The SMILES string of the molecule is CCCCNC[C@@H](CC(=O)OC(C)(C)C)CC1CCCCC1. The third-order valence-electron chi connectivity index (χ3n) is 4.41. The lowest BCUT2D eigenvalue weighted by Gasteiger charge is -2.27. The Morgan fingerprint density at radius 3 is 2.50 bits per heavy atom. The zero-order valence-electron chi connectivity index (χ0n) is 15.2. The first-order valence-corrected chi connectivity index (χ1v) is 9.33. The Labute approximate surface area is 137 Å². The zero-order valence-corrected chi connectivity index (χ0v) is 15.2. The number of hydrogen-bond acceptors (Lipinski definition) is 3. The average Bonchev–Trinajstić information content (AvgIpc) is 2.42. The molecule has 0 spiro atoms. The summed E-state index contributed by atoms with van der Waals surface area (Å²) in [5.41, 5.74) is -0.373. The zero-order chi connectivity index (χ0) is 16.4. The second-order valence-corrected chi connectivity index (χ2v) is 7.95. The van der Waals surface area contributed by atoms with Crippen molar-refractivity contribution in [2.75, 3.05) is 13.1 Å². The number of esters is 1. The highest BCUT2D eigenvalue weighted by Crippen LogP contribution is 2.30. The van der Waals surface area contributed by atoms with Crippen molar-refractivity contribution < 1.29 is 9.53 Å². The maximum Gasteiger partial charge on any atom is 0.306 e. The van der Waals surface area contributed by atoms with Crippen molar-refractivity contribution >= 4 is 5.97 Å². The molecule has 0 unspecified atom stereocenters. The van der Waals surface area contributed by atoms with Crippen LogP contribution in [0.2, 0.25) is 0 Å². The summed E-state index contributed by atoms with van der Waals surface area (Å²) in [5, 5.41) is 3.54. The van der Waals surface area contributed by atoms with Crippen LogP contribution in [0.5, 0.6) is 0 Å². The first kappa shape index (κ1) is 19.5. The van der Waals surface area contributed by atoms with E-state index in [0.717, 1.165) is 19.0 Å². The molecule has 1 aliphatic carbocycles. The predicted octanol–water partition coefficient (Wildman–Crippen LogP) is 4.69. The normalized spacial score (nSPS) is 18.2. The van der Waals surface area contributed by atoms with E-state index in [1.165, 1.54) is 51.4 Å². The van der Waals surface area contributed by atoms with Crippen molar-refractivity contribution in [3.05, 3.63) is 0 Å². The van der Waals surface area contributed by atoms with Gasteiger partial charge in [0.05, 0.1) is 0 Å². The van der Waals surface area contributed by atoms with Crippen LogP contribution in [0, 0.1) is 11.8 Å². The first-order valence-electron chi connectivity index (χ1n) is 9.33. The monoisotopic (exact) mass is 311 g/mol. The van der Waals surface area contributed by atoms with Crippen molar-refractivity contribution in [1.29, 1.82) is 0 Å². The van der Waals surface area contributed by atoms with Gasteiger partial charge in [-0.1, -0.05) is 45.4 Å². The Kier molecular flexibility index (Phi) is 9.08. The first-order chi connectivity index (χ1) is 10.4. The van der Waals surface area contributed by atoms with Crippen LogP contribution in [-0.4, -0.2) is 24.7 Å². The molecule has 1 saturated carbocycles. The lowest BCUT2D eigenvalue weighted by Crippen LogP contribution is -2.30. The molecule has 0 radical (unpaired) electrons. The van der Waals surface area contributed by atoms with E-state index in [0.29, 0.717) is 12.3 Å². The molecule has 1 aliphatic rings. The van der Waals surface area contributed by atoms with Crippen LogP contribution in [0.15, 0.2) is 0 Å². The molecule has 0 amide bonds. The van der Waals surface area contributed by atoms with E-state index in [-0.39, 0.29) is 11.6 Å². The van der Waals surface area contributed by atoms with E-state index in [1.807, 2.05) is 20.8 Å². The Morgan fingerprint density at radius 2 is 1.91 bits per heavy atom. The van der Waals surface area contributed by atoms with Gasteiger partial charge in [-0.2, -0.15) is 0 Å². The third kappa shape index (κ3) is 9.45. The molecule has 0 saturated heterocycles. The molecule has 22 heavy (non-hydrogen) atoms. The minimum Gasteiger partial charge on any atom is -0.460 e. The maximum atomic E-state index is 12.1. The molecule has 0 aliphatic heterocycles. The fraction of sp³-hybridized carbons (Fsp3) is 0.947. The Morgan fingerprint density at radius 1 is 1.23 bits per heavy atom. The van der Waals surface area contributed by atoms with E-state index < -0.39 is 0 Å². The van der Waals surface area contributed by atoms with E-state index >= 15 is 0 Å². The standard InChI is InChI=1S/C19H37NO2/c1-5-6-12-20-15-17(13-16-10-8-7-9-11-16)14-18(21)22-19(2,3)4/h16-17,20H,5-15H2,1-4H3/t17-/m1/s1. The van der Waals surface area contributed by atoms with Crippen molar-refractivity contribution in [1.82, 2.24) is 5.32 Å². The molecule has 1 atom stereocenters. The van der Waals surface area contributed by atoms with Gasteiger partial charge in [0.1, 0.15) is 5.60 Å². The molecule has 130 valence electrons. The molecule has 0 aromatic rings. The smallest absolute Gasteiger partial charge is 0.306 e. The van der Waals surface area contributed by atoms with Gasteiger partial charge in [0.25, 0.3) is 0 Å². The third-order valence-corrected chi connectivity index (χ3v) is 4.41. The summed E-state index contributed by atoms with van der Waals surface area (Å²) in [6.07, 6.45) is 11.0. The van der Waals surface area contributed by atoms with Crippen molar-refractivity contribution in [3.63, 3.8) is 0 Å². The number of carbonyl (C=O) groups excluding carboxylic acids is 1. The van der Waals surface area contributed by atoms with Gasteiger partial charge in [-0.05, 0) is 58.5 Å². The summed E-state index contributed by atoms with van der Waals surface area (Å²) >= 11 is 0. The fourth-order valence-corrected chi connectivity index (χ4v) is 3.36. The molecule has 1 N–H and O–H groups in total. The van der Waals surface area contributed by atoms with E-state index in [1.54, 1.807) is 0 Å². The van der Waals surface area contributed by atoms with Crippen molar-refractivity contribution in [3.8, 4) is 0 Å². The van der Waals surface area contributed by atoms with Gasteiger partial charge < -0.3 is 10.1 Å². The van der Waals surface area contributed by atoms with Gasteiger partial charge in [-0.25, -0.2) is 0 Å². The molecule has 0 aromatic carbocycles. The summed E-state index contributed by atoms with van der Waals surface area (Å²) in [5.74, 6) is 1.20. The highest BCUT2D eigenvalue weighted by atomic mass is 16.6. The number of unbranched alkanes of at least 4 members (excludes halogenated alkanes) is 1. The maximum absolute atomic E-state index is 12.1. The molecular formula is C19H37NO2. The summed E-state index contributed by atoms with van der Waals surface area (Å²) < 4.78 is 5.52. The Bertz CT molecular complexity index is 303. The average molecular weight is 312 g/mol. The number of hydrogen-bond donors (Lipinski definition) is 1. The van der Waals surface area contributed by atoms with Crippen LogP contribution >= 0.6 is 0 Å². The molecule has 0 aromatic heterocycles. The van der Waals surface area contributed by atoms with Crippen LogP contribution in [-0.2, 0) is 9.53 Å². The molecule has 3 nitrogen and oxygen atoms in total. The van der Waals surface area contributed by atoms with E-state index in [9.17, 15) is 4.79 Å². The van der Waals surface area contributed by atoms with Gasteiger partial charge in [0.2, 0.25) is 0 Å². The minimum atomic E-state index is -0.373. The summed E-state index contributed by atoms with van der Waals surface area (Å²) in [7, 11) is 0. The van der Waals surface area contributed by atoms with E-state index in [4.69, 9.17) is 4.74 Å². The molecule has 3 heteroatoms. The highest BCUT2D eigenvalue weighted by Gasteiger charge is 2.24. The number of rotatable bonds is 9. The van der Waals surface area contributed by atoms with Crippen LogP contribution in [0.25, 0.3) is 0 Å². The van der Waals surface area contributed by atoms with E-state index in [2.05, 4.69) is 12.2 Å². The molecule has 1 fully saturated rings. The van der Waals surface area contributed by atoms with Gasteiger partial charge in [0.15, 0.2) is 0 Å². The largest absolute Gasteiger partial charge is 0.460 e. The predicted molar refractivity (Wildman–Crippen MR) is 92.9 cm³/mol. The molecule has 0 heterocycles. The quantitative estimate of drug-likeness (QED) is 0.496. The topological polar surface area (TPSA) is 38.3 Å². The second-order valence-electron chi connectivity index (χ2n) is 7.95. The minimum absolute atomic E-state index is 0.0365.